The Morgan fingerprint density at radius 3 is 1.73 bits per heavy atom. The highest BCUT2D eigenvalue weighted by Gasteiger charge is 2.20. The SMILES string of the molecule is Cn1cc(NC(=O)c2cc(NC(=O)c3cc(NC(=O)C(=O)/C=C/c4ccc(S(=O)(=O)CCCl)cc4)cn3C)cn2C)cc1C(=O)NCCN=C(N)N. The van der Waals surface area contributed by atoms with E-state index in [0.717, 1.165) is 6.08 Å². The van der Waals surface area contributed by atoms with Crippen LogP contribution in [0.5, 0.6) is 0 Å². The number of rotatable bonds is 15. The second-order valence-electron chi connectivity index (χ2n) is 11.4. The Kier molecular flexibility index (Phi) is 12.4. The Balaban J connectivity index is 1.33. The third-order valence-corrected chi connectivity index (χ3v) is 9.56. The molecule has 0 radical (unpaired) electrons. The number of hydrogen-bond donors (Lipinski definition) is 6. The van der Waals surface area contributed by atoms with Crippen LogP contribution < -0.4 is 32.7 Å². The Morgan fingerprint density at radius 2 is 1.25 bits per heavy atom. The fourth-order valence-corrected chi connectivity index (χ4v) is 6.46. The van der Waals surface area contributed by atoms with Gasteiger partial charge in [0.05, 0.1) is 34.3 Å². The van der Waals surface area contributed by atoms with Crippen molar-refractivity contribution in [3.63, 3.8) is 0 Å². The Bertz CT molecular complexity index is 2180. The fourth-order valence-electron chi connectivity index (χ4n) is 4.86. The van der Waals surface area contributed by atoms with E-state index >= 15 is 0 Å². The van der Waals surface area contributed by atoms with Crippen LogP contribution in [0.25, 0.3) is 6.08 Å². The number of halogens is 1. The summed E-state index contributed by atoms with van der Waals surface area (Å²) in [6.07, 6.45) is 6.98. The zero-order chi connectivity index (χ0) is 38.2. The summed E-state index contributed by atoms with van der Waals surface area (Å²) in [5, 5.41) is 10.6. The van der Waals surface area contributed by atoms with Gasteiger partial charge in [0.15, 0.2) is 15.8 Å². The fraction of sp³-hybridized carbons (Fsp3) is 0.212. The smallest absolute Gasteiger partial charge is 0.296 e. The van der Waals surface area contributed by atoms with E-state index in [1.54, 1.807) is 31.9 Å². The van der Waals surface area contributed by atoms with E-state index in [-0.39, 0.29) is 58.6 Å². The molecule has 0 atom stereocenters. The first-order chi connectivity index (χ1) is 24.6. The molecule has 52 heavy (non-hydrogen) atoms. The standard InChI is InChI=1S/C33H37ClN10O7S/c1-42-17-21(14-25(42)29(46)37-11-12-38-33(35)36)39-30(47)26-15-22(18-43(26)2)40-31(48)27-16-23(19-44(27)3)41-32(49)28(45)9-6-20-4-7-24(8-5-20)52(50,51)13-10-34/h4-9,14-19H,10-13H2,1-3H3,(H,37,46)(H,39,47)(H,40,48)(H,41,49)(H4,35,36,38)/b9-6+. The molecule has 0 fully saturated rings. The normalized spacial score (nSPS) is 11.2. The number of ketones is 1. The molecular weight excluding hydrogens is 716 g/mol. The number of nitrogens with two attached hydrogens (primary N) is 2. The maximum Gasteiger partial charge on any atom is 0.296 e. The molecule has 1 aromatic carbocycles. The number of alkyl halides is 1. The molecule has 4 rings (SSSR count). The molecule has 0 aliphatic carbocycles. The summed E-state index contributed by atoms with van der Waals surface area (Å²) in [6, 6.07) is 10.1. The van der Waals surface area contributed by atoms with Gasteiger partial charge in [-0.25, -0.2) is 8.42 Å². The molecule has 0 unspecified atom stereocenters. The molecule has 0 bridgehead atoms. The monoisotopic (exact) mass is 752 g/mol. The Hall–Kier alpha value is -6.14. The number of benzene rings is 1. The first-order valence-corrected chi connectivity index (χ1v) is 17.6. The summed E-state index contributed by atoms with van der Waals surface area (Å²) in [6.45, 7) is 0.423. The molecule has 4 aromatic rings. The lowest BCUT2D eigenvalue weighted by Crippen LogP contribution is -2.29. The Morgan fingerprint density at radius 1 is 0.769 bits per heavy atom. The van der Waals surface area contributed by atoms with Gasteiger partial charge in [-0.3, -0.25) is 29.0 Å². The van der Waals surface area contributed by atoms with Gasteiger partial charge >= 0.3 is 0 Å². The molecule has 4 amide bonds. The quantitative estimate of drug-likeness (QED) is 0.0257. The first-order valence-electron chi connectivity index (χ1n) is 15.5. The molecule has 0 saturated heterocycles. The maximum absolute atomic E-state index is 13.1. The van der Waals surface area contributed by atoms with Gasteiger partial charge in [-0.05, 0) is 42.0 Å². The van der Waals surface area contributed by atoms with E-state index in [4.69, 9.17) is 23.1 Å². The summed E-state index contributed by atoms with van der Waals surface area (Å²) in [5.74, 6) is -3.60. The summed E-state index contributed by atoms with van der Waals surface area (Å²) >= 11 is 5.55. The number of carbonyl (C=O) groups is 5. The van der Waals surface area contributed by atoms with Gasteiger partial charge in [0.1, 0.15) is 17.1 Å². The third-order valence-electron chi connectivity index (χ3n) is 7.41. The average Bonchev–Trinajstić information content (AvgIpc) is 3.76. The lowest BCUT2D eigenvalue weighted by Gasteiger charge is -2.04. The van der Waals surface area contributed by atoms with Gasteiger partial charge in [0.2, 0.25) is 5.78 Å². The number of guanidine groups is 1. The van der Waals surface area contributed by atoms with Crippen LogP contribution in [-0.4, -0.2) is 82.2 Å². The van der Waals surface area contributed by atoms with Crippen LogP contribution in [0.2, 0.25) is 0 Å². The maximum atomic E-state index is 13.1. The molecule has 3 heterocycles. The van der Waals surface area contributed by atoms with Crippen LogP contribution >= 0.6 is 11.6 Å². The van der Waals surface area contributed by atoms with Crippen molar-refractivity contribution in [1.82, 2.24) is 19.0 Å². The molecule has 17 nitrogen and oxygen atoms in total. The van der Waals surface area contributed by atoms with E-state index in [9.17, 15) is 32.4 Å². The molecule has 0 aliphatic heterocycles. The lowest BCUT2D eigenvalue weighted by molar-refractivity contribution is -0.131. The summed E-state index contributed by atoms with van der Waals surface area (Å²) in [5.41, 5.74) is 12.6. The van der Waals surface area contributed by atoms with E-state index in [1.165, 1.54) is 70.1 Å². The highest BCUT2D eigenvalue weighted by atomic mass is 35.5. The summed E-state index contributed by atoms with van der Waals surface area (Å²) in [7, 11) is 1.34. The van der Waals surface area contributed by atoms with Gasteiger partial charge in [-0.2, -0.15) is 0 Å². The molecule has 0 spiro atoms. The van der Waals surface area contributed by atoms with Gasteiger partial charge in [0.25, 0.3) is 23.6 Å². The van der Waals surface area contributed by atoms with Crippen molar-refractivity contribution in [2.24, 2.45) is 37.6 Å². The summed E-state index contributed by atoms with van der Waals surface area (Å²) in [4.78, 5) is 67.6. The van der Waals surface area contributed by atoms with E-state index in [0.29, 0.717) is 22.6 Å². The third kappa shape index (κ3) is 9.98. The predicted molar refractivity (Wildman–Crippen MR) is 197 cm³/mol. The molecule has 8 N–H and O–H groups in total. The minimum absolute atomic E-state index is 0.0385. The molecule has 0 aliphatic rings. The Labute approximate surface area is 303 Å². The number of nitrogens with zero attached hydrogens (tertiary/aromatic N) is 4. The summed E-state index contributed by atoms with van der Waals surface area (Å²) < 4.78 is 28.8. The van der Waals surface area contributed by atoms with Gasteiger partial charge < -0.3 is 46.4 Å². The molecule has 19 heteroatoms. The van der Waals surface area contributed by atoms with Crippen LogP contribution in [0, 0.1) is 0 Å². The van der Waals surface area contributed by atoms with E-state index in [1.807, 2.05) is 0 Å². The second-order valence-corrected chi connectivity index (χ2v) is 13.9. The number of hydrogen-bond acceptors (Lipinski definition) is 8. The topological polar surface area (TPSA) is 247 Å². The number of carbonyl (C=O) groups excluding carboxylic acids is 5. The van der Waals surface area contributed by atoms with Crippen molar-refractivity contribution in [2.75, 3.05) is 40.7 Å². The van der Waals surface area contributed by atoms with Gasteiger partial charge in [-0.15, -0.1) is 11.6 Å². The number of anilines is 3. The number of aliphatic imine (C=N–C) groups is 1. The zero-order valence-electron chi connectivity index (χ0n) is 28.3. The number of aromatic nitrogens is 3. The molecule has 274 valence electrons. The lowest BCUT2D eigenvalue weighted by atomic mass is 10.2. The van der Waals surface area contributed by atoms with E-state index in [2.05, 4.69) is 26.3 Å². The second kappa shape index (κ2) is 16.7. The number of sulfone groups is 1. The number of nitrogens with one attached hydrogen (secondary N) is 4. The van der Waals surface area contributed by atoms with Crippen molar-refractivity contribution in [3.05, 3.63) is 89.8 Å². The highest BCUT2D eigenvalue weighted by molar-refractivity contribution is 7.91. The van der Waals surface area contributed by atoms with E-state index < -0.39 is 33.3 Å². The van der Waals surface area contributed by atoms with Crippen LogP contribution in [0.1, 0.15) is 37.0 Å². The average molecular weight is 753 g/mol. The largest absolute Gasteiger partial charge is 0.370 e. The first kappa shape index (κ1) is 38.7. The van der Waals surface area contributed by atoms with Crippen LogP contribution in [0.4, 0.5) is 17.1 Å². The highest BCUT2D eigenvalue weighted by Crippen LogP contribution is 2.20. The minimum Gasteiger partial charge on any atom is -0.370 e. The number of amides is 4. The van der Waals surface area contributed by atoms with Gasteiger partial charge in [-0.1, -0.05) is 18.2 Å². The number of aryl methyl sites for hydroxylation is 3. The molecule has 0 saturated carbocycles. The van der Waals surface area contributed by atoms with Crippen molar-refractivity contribution in [2.45, 2.75) is 4.90 Å². The van der Waals surface area contributed by atoms with Crippen molar-refractivity contribution in [3.8, 4) is 0 Å². The van der Waals surface area contributed by atoms with Crippen molar-refractivity contribution >= 4 is 79.9 Å². The molecule has 3 aromatic heterocycles. The van der Waals surface area contributed by atoms with Crippen LogP contribution in [0.3, 0.4) is 0 Å². The zero-order valence-corrected chi connectivity index (χ0v) is 29.9. The van der Waals surface area contributed by atoms with Crippen LogP contribution in [-0.2, 0) is 40.6 Å². The van der Waals surface area contributed by atoms with Crippen molar-refractivity contribution in [1.29, 1.82) is 0 Å². The predicted octanol–water partition coefficient (Wildman–Crippen LogP) is 1.44. The van der Waals surface area contributed by atoms with Gasteiger partial charge in [0, 0.05) is 52.2 Å². The van der Waals surface area contributed by atoms with Crippen molar-refractivity contribution < 1.29 is 32.4 Å². The van der Waals surface area contributed by atoms with Crippen LogP contribution in [0.15, 0.2) is 77.0 Å². The minimum atomic E-state index is -3.51. The molecular formula is C33H37ClN10O7S.